The van der Waals surface area contributed by atoms with Crippen molar-refractivity contribution in [1.82, 2.24) is 20.5 Å². The molecule has 7 nitrogen and oxygen atoms in total. The number of hydrogen-bond acceptors (Lipinski definition) is 5. The van der Waals surface area contributed by atoms with E-state index >= 15 is 0 Å². The zero-order chi connectivity index (χ0) is 20.2. The number of carbonyl (C=O) groups is 1. The van der Waals surface area contributed by atoms with E-state index in [9.17, 15) is 4.79 Å². The Balaban J connectivity index is 1.33. The molecular formula is C21H24ClN5O2. The van der Waals surface area contributed by atoms with E-state index in [1.54, 1.807) is 13.2 Å². The summed E-state index contributed by atoms with van der Waals surface area (Å²) in [5.41, 5.74) is 2.24. The van der Waals surface area contributed by atoms with Gasteiger partial charge in [-0.2, -0.15) is 0 Å². The Hall–Kier alpha value is -2.80. The lowest BCUT2D eigenvalue weighted by atomic mass is 9.97. The van der Waals surface area contributed by atoms with Crippen LogP contribution in [-0.4, -0.2) is 47.8 Å². The number of benzene rings is 1. The molecule has 1 atom stereocenters. The highest BCUT2D eigenvalue weighted by atomic mass is 35.5. The molecule has 1 unspecified atom stereocenters. The number of nitrogens with one attached hydrogen (secondary N) is 2. The van der Waals surface area contributed by atoms with E-state index < -0.39 is 0 Å². The lowest BCUT2D eigenvalue weighted by molar-refractivity contribution is -0.125. The van der Waals surface area contributed by atoms with Gasteiger partial charge in [0.05, 0.1) is 13.0 Å². The van der Waals surface area contributed by atoms with Gasteiger partial charge in [0.25, 0.3) is 0 Å². The van der Waals surface area contributed by atoms with Crippen molar-refractivity contribution in [3.8, 4) is 5.75 Å². The summed E-state index contributed by atoms with van der Waals surface area (Å²) in [4.78, 5) is 18.1. The summed E-state index contributed by atoms with van der Waals surface area (Å²) in [6, 6.07) is 9.54. The number of amides is 1. The summed E-state index contributed by atoms with van der Waals surface area (Å²) >= 11 is 5.82. The lowest BCUT2D eigenvalue weighted by Gasteiger charge is -2.32. The molecule has 4 rings (SSSR count). The molecule has 152 valence electrons. The van der Waals surface area contributed by atoms with Crippen LogP contribution in [0.4, 0.5) is 5.82 Å². The minimum Gasteiger partial charge on any atom is -0.497 e. The second kappa shape index (κ2) is 8.69. The highest BCUT2D eigenvalue weighted by Gasteiger charge is 2.26. The fourth-order valence-electron chi connectivity index (χ4n) is 3.83. The number of aromatic amines is 1. The van der Waals surface area contributed by atoms with Crippen LogP contribution in [0.1, 0.15) is 18.4 Å². The molecule has 1 fully saturated rings. The molecule has 0 spiro atoms. The summed E-state index contributed by atoms with van der Waals surface area (Å²) < 4.78 is 5.32. The van der Waals surface area contributed by atoms with Crippen LogP contribution in [0.15, 0.2) is 36.5 Å². The fourth-order valence-corrected chi connectivity index (χ4v) is 3.93. The average Bonchev–Trinajstić information content (AvgIpc) is 3.16. The van der Waals surface area contributed by atoms with Crippen LogP contribution in [0.5, 0.6) is 5.75 Å². The Morgan fingerprint density at radius 1 is 1.34 bits per heavy atom. The van der Waals surface area contributed by atoms with Crippen LogP contribution in [0.25, 0.3) is 10.9 Å². The number of methoxy groups -OCH3 is 1. The average molecular weight is 414 g/mol. The van der Waals surface area contributed by atoms with Gasteiger partial charge in [-0.3, -0.25) is 4.79 Å². The van der Waals surface area contributed by atoms with E-state index in [2.05, 4.69) is 25.4 Å². The molecule has 0 bridgehead atoms. The Morgan fingerprint density at radius 2 is 2.24 bits per heavy atom. The Morgan fingerprint density at radius 3 is 3.03 bits per heavy atom. The van der Waals surface area contributed by atoms with E-state index in [1.165, 1.54) is 5.56 Å². The lowest BCUT2D eigenvalue weighted by Crippen LogP contribution is -2.43. The molecular weight excluding hydrogens is 390 g/mol. The second-order valence-electron chi connectivity index (χ2n) is 7.27. The Bertz CT molecular complexity index is 988. The van der Waals surface area contributed by atoms with Gasteiger partial charge >= 0.3 is 0 Å². The zero-order valence-corrected chi connectivity index (χ0v) is 17.1. The second-order valence-corrected chi connectivity index (χ2v) is 7.65. The number of piperidine rings is 1. The Labute approximate surface area is 174 Å². The van der Waals surface area contributed by atoms with Gasteiger partial charge in [-0.15, -0.1) is 10.2 Å². The SMILES string of the molecule is COc1ccc2[nH]cc(CCNC(=O)C3CCCN(c4ccc(Cl)nn4)C3)c2c1. The number of hydrogen-bond donors (Lipinski definition) is 2. The number of aromatic nitrogens is 3. The predicted molar refractivity (Wildman–Crippen MR) is 114 cm³/mol. The number of anilines is 1. The molecule has 2 N–H and O–H groups in total. The van der Waals surface area contributed by atoms with Crippen LogP contribution in [-0.2, 0) is 11.2 Å². The minimum atomic E-state index is -0.0516. The number of H-pyrrole nitrogens is 1. The van der Waals surface area contributed by atoms with E-state index in [0.29, 0.717) is 18.2 Å². The number of fused-ring (bicyclic) bond motifs is 1. The first-order chi connectivity index (χ1) is 14.1. The number of rotatable bonds is 6. The number of carbonyl (C=O) groups excluding carboxylic acids is 1. The quantitative estimate of drug-likeness (QED) is 0.648. The molecule has 0 aliphatic carbocycles. The third-order valence-electron chi connectivity index (χ3n) is 5.40. The van der Waals surface area contributed by atoms with E-state index in [0.717, 1.165) is 48.3 Å². The van der Waals surface area contributed by atoms with Crippen molar-refractivity contribution in [1.29, 1.82) is 0 Å². The third-order valence-corrected chi connectivity index (χ3v) is 5.60. The molecule has 3 aromatic rings. The number of ether oxygens (including phenoxy) is 1. The van der Waals surface area contributed by atoms with Crippen molar-refractivity contribution >= 4 is 34.2 Å². The first kappa shape index (κ1) is 19.5. The first-order valence-corrected chi connectivity index (χ1v) is 10.2. The molecule has 2 aromatic heterocycles. The highest BCUT2D eigenvalue weighted by Crippen LogP contribution is 2.24. The third kappa shape index (κ3) is 4.45. The van der Waals surface area contributed by atoms with Crippen LogP contribution in [0.3, 0.4) is 0 Å². The largest absolute Gasteiger partial charge is 0.497 e. The number of nitrogens with zero attached hydrogens (tertiary/aromatic N) is 3. The van der Waals surface area contributed by atoms with E-state index in [4.69, 9.17) is 16.3 Å². The fraction of sp³-hybridized carbons (Fsp3) is 0.381. The van der Waals surface area contributed by atoms with Gasteiger partial charge in [0, 0.05) is 36.7 Å². The smallest absolute Gasteiger partial charge is 0.224 e. The normalized spacial score (nSPS) is 16.8. The van der Waals surface area contributed by atoms with Crippen LogP contribution in [0, 0.1) is 5.92 Å². The monoisotopic (exact) mass is 413 g/mol. The molecule has 1 aliphatic rings. The zero-order valence-electron chi connectivity index (χ0n) is 16.3. The van der Waals surface area contributed by atoms with Crippen LogP contribution in [0.2, 0.25) is 5.15 Å². The molecule has 1 aliphatic heterocycles. The summed E-state index contributed by atoms with van der Waals surface area (Å²) in [6.07, 6.45) is 4.59. The molecule has 0 radical (unpaired) electrons. The van der Waals surface area contributed by atoms with Crippen molar-refractivity contribution in [2.75, 3.05) is 31.6 Å². The van der Waals surface area contributed by atoms with Crippen molar-refractivity contribution in [2.24, 2.45) is 5.92 Å². The van der Waals surface area contributed by atoms with Gasteiger partial charge in [0.2, 0.25) is 5.91 Å². The summed E-state index contributed by atoms with van der Waals surface area (Å²) in [5, 5.41) is 12.6. The van der Waals surface area contributed by atoms with Gasteiger partial charge in [0.1, 0.15) is 5.75 Å². The van der Waals surface area contributed by atoms with Crippen molar-refractivity contribution in [2.45, 2.75) is 19.3 Å². The van der Waals surface area contributed by atoms with Crippen molar-refractivity contribution in [3.05, 3.63) is 47.2 Å². The molecule has 1 aromatic carbocycles. The Kier molecular flexibility index (Phi) is 5.85. The molecule has 1 saturated heterocycles. The first-order valence-electron chi connectivity index (χ1n) is 9.80. The van der Waals surface area contributed by atoms with Gasteiger partial charge in [-0.1, -0.05) is 11.6 Å². The molecule has 0 saturated carbocycles. The van der Waals surface area contributed by atoms with Gasteiger partial charge < -0.3 is 19.9 Å². The van der Waals surface area contributed by atoms with Gasteiger partial charge in [0.15, 0.2) is 11.0 Å². The van der Waals surface area contributed by atoms with E-state index in [-0.39, 0.29) is 11.8 Å². The molecule has 1 amide bonds. The maximum atomic E-state index is 12.7. The topological polar surface area (TPSA) is 83.1 Å². The van der Waals surface area contributed by atoms with Crippen molar-refractivity contribution < 1.29 is 9.53 Å². The summed E-state index contributed by atoms with van der Waals surface area (Å²) in [7, 11) is 1.66. The van der Waals surface area contributed by atoms with Gasteiger partial charge in [-0.05, 0) is 55.2 Å². The highest BCUT2D eigenvalue weighted by molar-refractivity contribution is 6.29. The number of halogens is 1. The molecule has 8 heteroatoms. The van der Waals surface area contributed by atoms with Crippen molar-refractivity contribution in [3.63, 3.8) is 0 Å². The van der Waals surface area contributed by atoms with Crippen LogP contribution < -0.4 is 15.0 Å². The summed E-state index contributed by atoms with van der Waals surface area (Å²) in [5.74, 6) is 1.63. The predicted octanol–water partition coefficient (Wildman–Crippen LogP) is 3.20. The maximum absolute atomic E-state index is 12.7. The van der Waals surface area contributed by atoms with Gasteiger partial charge in [-0.25, -0.2) is 0 Å². The minimum absolute atomic E-state index is 0.0516. The molecule has 3 heterocycles. The van der Waals surface area contributed by atoms with E-state index in [1.807, 2.05) is 30.5 Å². The molecule has 29 heavy (non-hydrogen) atoms. The van der Waals surface area contributed by atoms with Crippen LogP contribution >= 0.6 is 11.6 Å². The standard InChI is InChI=1S/C21H24ClN5O2/c1-29-16-4-5-18-17(11-16)14(12-24-18)8-9-23-21(28)15-3-2-10-27(13-15)20-7-6-19(22)25-26-20/h4-7,11-12,15,24H,2-3,8-10,13H2,1H3,(H,23,28). The summed E-state index contributed by atoms with van der Waals surface area (Å²) in [6.45, 7) is 2.12. The maximum Gasteiger partial charge on any atom is 0.224 e.